The van der Waals surface area contributed by atoms with Crippen LogP contribution < -0.4 is 13.8 Å². The van der Waals surface area contributed by atoms with Gasteiger partial charge in [0, 0.05) is 4.70 Å². The van der Waals surface area contributed by atoms with Gasteiger partial charge in [-0.05, 0) is 47.9 Å². The number of anilines is 3. The van der Waals surface area contributed by atoms with Gasteiger partial charge in [-0.15, -0.1) is 11.3 Å². The number of thiophene rings is 1. The molecule has 182 valence electrons. The van der Waals surface area contributed by atoms with Gasteiger partial charge in [0.25, 0.3) is 10.0 Å². The van der Waals surface area contributed by atoms with E-state index in [1.165, 1.54) is 49.8 Å². The number of benzene rings is 3. The summed E-state index contributed by atoms with van der Waals surface area (Å²) in [7, 11) is -1.84. The summed E-state index contributed by atoms with van der Waals surface area (Å²) in [6.07, 6.45) is 0. The molecule has 3 aromatic carbocycles. The van der Waals surface area contributed by atoms with Gasteiger partial charge in [-0.3, -0.25) is 13.2 Å². The normalized spacial score (nSPS) is 12.2. The molecule has 0 aliphatic heterocycles. The van der Waals surface area contributed by atoms with Crippen LogP contribution in [0.2, 0.25) is 0 Å². The van der Waals surface area contributed by atoms with Crippen LogP contribution in [0.5, 0.6) is 5.75 Å². The fourth-order valence-corrected chi connectivity index (χ4v) is 6.48. The predicted octanol–water partition coefficient (Wildman–Crippen LogP) is 4.43. The maximum Gasteiger partial charge on any atom is 0.337 e. The van der Waals surface area contributed by atoms with Gasteiger partial charge in [-0.1, -0.05) is 30.3 Å². The fourth-order valence-electron chi connectivity index (χ4n) is 3.41. The zero-order valence-corrected chi connectivity index (χ0v) is 20.9. The van der Waals surface area contributed by atoms with Crippen molar-refractivity contribution in [2.45, 2.75) is 4.90 Å². The van der Waals surface area contributed by atoms with Crippen molar-refractivity contribution in [1.82, 2.24) is 0 Å². The zero-order valence-electron chi connectivity index (χ0n) is 18.5. The zero-order chi connectivity index (χ0) is 25.2. The molecule has 4 rings (SSSR count). The van der Waals surface area contributed by atoms with Crippen molar-refractivity contribution in [2.75, 3.05) is 23.2 Å². The number of hydrogen-bond acceptors (Lipinski definition) is 8. The summed E-state index contributed by atoms with van der Waals surface area (Å²) in [4.78, 5) is 11.6. The Balaban J connectivity index is 1.79. The third-order valence-electron chi connectivity index (χ3n) is 5.00. The summed E-state index contributed by atoms with van der Waals surface area (Å²) < 4.78 is 65.5. The molecule has 1 N–H and O–H groups in total. The maximum absolute atomic E-state index is 13.4. The van der Waals surface area contributed by atoms with Crippen LogP contribution in [0.25, 0.3) is 10.1 Å². The third kappa shape index (κ3) is 5.00. The van der Waals surface area contributed by atoms with Gasteiger partial charge in [0.2, 0.25) is 0 Å². The number of rotatable bonds is 8. The van der Waals surface area contributed by atoms with Gasteiger partial charge in [-0.2, -0.15) is 0 Å². The predicted molar refractivity (Wildman–Crippen MR) is 134 cm³/mol. The lowest BCUT2D eigenvalue weighted by atomic mass is 10.2. The smallest absolute Gasteiger partial charge is 0.337 e. The monoisotopic (exact) mass is 531 g/mol. The molecule has 4 aromatic rings. The number of sulfonamides is 1. The van der Waals surface area contributed by atoms with Gasteiger partial charge < -0.3 is 14.0 Å². The molecule has 0 radical (unpaired) electrons. The van der Waals surface area contributed by atoms with Crippen molar-refractivity contribution in [3.8, 4) is 5.75 Å². The second-order valence-corrected chi connectivity index (χ2v) is 10.6. The molecule has 0 bridgehead atoms. The molecule has 1 atom stereocenters. The van der Waals surface area contributed by atoms with Crippen molar-refractivity contribution >= 4 is 65.1 Å². The minimum Gasteiger partial charge on any atom is -0.755 e. The number of para-hydroxylation sites is 2. The molecule has 9 nitrogen and oxygen atoms in total. The van der Waals surface area contributed by atoms with Crippen LogP contribution in [-0.2, 0) is 26.0 Å². The first-order chi connectivity index (χ1) is 16.7. The van der Waals surface area contributed by atoms with Crippen LogP contribution in [0.1, 0.15) is 10.4 Å². The molecule has 1 aromatic heterocycles. The van der Waals surface area contributed by atoms with Crippen LogP contribution in [-0.4, -0.2) is 37.4 Å². The average molecular weight is 532 g/mol. The number of ether oxygens (including phenoxy) is 2. The second-order valence-electron chi connectivity index (χ2n) is 7.11. The van der Waals surface area contributed by atoms with Gasteiger partial charge in [0.15, 0.2) is 0 Å². The summed E-state index contributed by atoms with van der Waals surface area (Å²) in [5, 5.41) is 1.24. The lowest BCUT2D eigenvalue weighted by Gasteiger charge is -2.27. The van der Waals surface area contributed by atoms with Gasteiger partial charge in [0.05, 0.1) is 42.4 Å². The Hall–Kier alpha value is -3.45. The van der Waals surface area contributed by atoms with E-state index in [1.807, 2.05) is 24.3 Å². The minimum atomic E-state index is -4.32. The summed E-state index contributed by atoms with van der Waals surface area (Å²) in [6.45, 7) is 0. The standard InChI is InChI=1S/C23H20N2O7S3/c1-31-19-12-11-16(23(26)32-2)13-21(19)35(29,30)24-17-8-4-5-9-18(17)25(34(27)28)22-14-15-7-3-6-10-20(15)33-22/h3-14,24H,1-2H3,(H,27,28)/p-1. The topological polar surface area (TPSA) is 125 Å². The van der Waals surface area contributed by atoms with Crippen molar-refractivity contribution in [1.29, 1.82) is 0 Å². The molecule has 0 aliphatic rings. The number of nitrogens with one attached hydrogen (secondary N) is 1. The fraction of sp³-hybridized carbons (Fsp3) is 0.0870. The number of methoxy groups -OCH3 is 2. The molecule has 1 heterocycles. The molecule has 0 saturated carbocycles. The van der Waals surface area contributed by atoms with E-state index in [9.17, 15) is 22.0 Å². The molecule has 1 unspecified atom stereocenters. The number of hydrogen-bond donors (Lipinski definition) is 1. The summed E-state index contributed by atoms with van der Waals surface area (Å²) in [5.41, 5.74) is 0.119. The molecule has 35 heavy (non-hydrogen) atoms. The highest BCUT2D eigenvalue weighted by Crippen LogP contribution is 2.40. The Bertz CT molecular complexity index is 1500. The average Bonchev–Trinajstić information content (AvgIpc) is 3.27. The molecule has 0 saturated heterocycles. The van der Waals surface area contributed by atoms with E-state index in [1.54, 1.807) is 18.2 Å². The van der Waals surface area contributed by atoms with Crippen LogP contribution in [0.4, 0.5) is 16.4 Å². The molecular weight excluding hydrogens is 512 g/mol. The van der Waals surface area contributed by atoms with E-state index >= 15 is 0 Å². The van der Waals surface area contributed by atoms with Gasteiger partial charge in [0.1, 0.15) is 15.6 Å². The number of esters is 1. The SMILES string of the molecule is COC(=O)c1ccc(OC)c(S(=O)(=O)Nc2ccccc2N(c2cc3ccccc3s2)S(=O)[O-])c1. The Kier molecular flexibility index (Phi) is 7.08. The lowest BCUT2D eigenvalue weighted by Crippen LogP contribution is -2.22. The Labute approximate surface area is 208 Å². The van der Waals surface area contributed by atoms with E-state index in [0.717, 1.165) is 20.5 Å². The molecule has 0 aliphatic carbocycles. The quantitative estimate of drug-likeness (QED) is 0.263. The first-order valence-electron chi connectivity index (χ1n) is 10.0. The molecular formula is C23H19N2O7S3-. The second kappa shape index (κ2) is 10.0. The number of carbonyl (C=O) groups excluding carboxylic acids is 1. The third-order valence-corrected chi connectivity index (χ3v) is 8.30. The summed E-state index contributed by atoms with van der Waals surface area (Å²) in [5.74, 6) is -0.724. The van der Waals surface area contributed by atoms with E-state index in [-0.39, 0.29) is 27.6 Å². The Morgan fingerprint density at radius 3 is 2.43 bits per heavy atom. The van der Waals surface area contributed by atoms with Crippen molar-refractivity contribution in [3.63, 3.8) is 0 Å². The van der Waals surface area contributed by atoms with Gasteiger partial charge >= 0.3 is 5.97 Å². The Morgan fingerprint density at radius 1 is 1.03 bits per heavy atom. The van der Waals surface area contributed by atoms with Crippen molar-refractivity contribution < 1.29 is 31.4 Å². The van der Waals surface area contributed by atoms with E-state index in [4.69, 9.17) is 4.74 Å². The first-order valence-corrected chi connectivity index (χ1v) is 13.3. The summed E-state index contributed by atoms with van der Waals surface area (Å²) in [6, 6.07) is 19.1. The maximum atomic E-state index is 13.4. The minimum absolute atomic E-state index is 0.00334. The van der Waals surface area contributed by atoms with E-state index in [0.29, 0.717) is 5.00 Å². The molecule has 12 heteroatoms. The van der Waals surface area contributed by atoms with Crippen LogP contribution >= 0.6 is 11.3 Å². The van der Waals surface area contributed by atoms with Crippen LogP contribution in [0.3, 0.4) is 0 Å². The van der Waals surface area contributed by atoms with Gasteiger partial charge in [-0.25, -0.2) is 13.2 Å². The van der Waals surface area contributed by atoms with Crippen LogP contribution in [0, 0.1) is 0 Å². The molecule has 0 spiro atoms. The molecule has 0 fully saturated rings. The molecule has 0 amide bonds. The van der Waals surface area contributed by atoms with E-state index < -0.39 is 27.3 Å². The largest absolute Gasteiger partial charge is 0.755 e. The Morgan fingerprint density at radius 2 is 1.74 bits per heavy atom. The first kappa shape index (κ1) is 24.7. The van der Waals surface area contributed by atoms with Crippen molar-refractivity contribution in [2.24, 2.45) is 0 Å². The van der Waals surface area contributed by atoms with Crippen molar-refractivity contribution in [3.05, 3.63) is 78.4 Å². The number of fused-ring (bicyclic) bond motifs is 1. The lowest BCUT2D eigenvalue weighted by molar-refractivity contribution is 0.0600. The highest BCUT2D eigenvalue weighted by molar-refractivity contribution is 7.92. The highest BCUT2D eigenvalue weighted by Gasteiger charge is 2.25. The number of carbonyl (C=O) groups is 1. The highest BCUT2D eigenvalue weighted by atomic mass is 32.2. The number of nitrogens with zero attached hydrogens (tertiary/aromatic N) is 1. The van der Waals surface area contributed by atoms with Crippen LogP contribution in [0.15, 0.2) is 77.7 Å². The van der Waals surface area contributed by atoms with E-state index in [2.05, 4.69) is 9.46 Å². The summed E-state index contributed by atoms with van der Waals surface area (Å²) >= 11 is -1.51.